The number of nitro groups is 2. The number of nitro benzene ring substituents is 2. The number of nitrogens with one attached hydrogen (secondary N) is 1. The molecule has 1 rings (SSSR count). The summed E-state index contributed by atoms with van der Waals surface area (Å²) in [5, 5.41) is 32.8. The van der Waals surface area contributed by atoms with Crippen LogP contribution in [0.5, 0.6) is 0 Å². The number of nitrogens with zero attached hydrogens (tertiary/aromatic N) is 4. The number of hydrogen-bond acceptors (Lipinski definition) is 7. The molecule has 0 atom stereocenters. The van der Waals surface area contributed by atoms with Crippen LogP contribution in [0.3, 0.4) is 0 Å². The minimum atomic E-state index is -0.747. The lowest BCUT2D eigenvalue weighted by atomic mass is 10.1. The molecule has 1 N–H and O–H groups in total. The third-order valence-corrected chi connectivity index (χ3v) is 2.76. The van der Waals surface area contributed by atoms with Crippen molar-refractivity contribution in [3.8, 4) is 6.19 Å². The molecule has 0 radical (unpaired) electrons. The number of nitriles is 1. The highest BCUT2D eigenvalue weighted by Gasteiger charge is 2.26. The van der Waals surface area contributed by atoms with Crippen molar-refractivity contribution in [2.75, 3.05) is 6.26 Å². The zero-order valence-electron chi connectivity index (χ0n) is 10.5. The maximum atomic E-state index is 11.0. The molecule has 0 aliphatic carbocycles. The summed E-state index contributed by atoms with van der Waals surface area (Å²) in [5.74, 6) is 0. The minimum Gasteiger partial charge on any atom is -0.271 e. The smallest absolute Gasteiger partial charge is 0.271 e. The van der Waals surface area contributed by atoms with Crippen molar-refractivity contribution < 1.29 is 9.85 Å². The van der Waals surface area contributed by atoms with Crippen LogP contribution in [0.2, 0.25) is 0 Å². The van der Waals surface area contributed by atoms with E-state index >= 15 is 0 Å². The Morgan fingerprint density at radius 1 is 1.35 bits per heavy atom. The van der Waals surface area contributed by atoms with Crippen LogP contribution < -0.4 is 5.32 Å². The van der Waals surface area contributed by atoms with E-state index in [1.54, 1.807) is 12.4 Å². The highest BCUT2D eigenvalue weighted by Crippen LogP contribution is 2.38. The standard InChI is InChI=1S/C10H9N5O4S/c1-6-3-7(14(16)17)9(8(4-6)15(18)19)13-10(20-2)12-5-11/h3-4H,1-2H3,(H,12,13). The molecule has 1 aromatic rings. The van der Waals surface area contributed by atoms with Gasteiger partial charge in [0.25, 0.3) is 0 Å². The summed E-state index contributed by atoms with van der Waals surface area (Å²) in [6.07, 6.45) is 3.18. The van der Waals surface area contributed by atoms with Crippen molar-refractivity contribution in [3.63, 3.8) is 0 Å². The lowest BCUT2D eigenvalue weighted by Gasteiger charge is -2.03. The second-order valence-electron chi connectivity index (χ2n) is 3.52. The van der Waals surface area contributed by atoms with Gasteiger partial charge in [0.1, 0.15) is 0 Å². The lowest BCUT2D eigenvalue weighted by Crippen LogP contribution is -2.12. The Morgan fingerprint density at radius 2 is 1.85 bits per heavy atom. The quantitative estimate of drug-likeness (QED) is 0.225. The molecular formula is C10H9N5O4S. The van der Waals surface area contributed by atoms with Gasteiger partial charge < -0.3 is 0 Å². The monoisotopic (exact) mass is 295 g/mol. The molecule has 0 aliphatic heterocycles. The van der Waals surface area contributed by atoms with E-state index in [1.807, 2.05) is 0 Å². The van der Waals surface area contributed by atoms with Crippen molar-refractivity contribution in [3.05, 3.63) is 37.9 Å². The summed E-state index contributed by atoms with van der Waals surface area (Å²) in [6, 6.07) is 2.38. The normalized spacial score (nSPS) is 10.8. The molecule has 20 heavy (non-hydrogen) atoms. The van der Waals surface area contributed by atoms with Gasteiger partial charge in [-0.3, -0.25) is 25.5 Å². The molecule has 0 bridgehead atoms. The number of aryl methyl sites for hydroxylation is 1. The van der Waals surface area contributed by atoms with E-state index < -0.39 is 26.9 Å². The predicted octanol–water partition coefficient (Wildman–Crippen LogP) is 2.23. The van der Waals surface area contributed by atoms with Crippen LogP contribution in [0.15, 0.2) is 17.1 Å². The first-order valence-corrected chi connectivity index (χ1v) is 6.34. The number of benzene rings is 1. The molecule has 0 saturated heterocycles. The summed E-state index contributed by atoms with van der Waals surface area (Å²) in [7, 11) is 0. The first kappa shape index (κ1) is 15.4. The third kappa shape index (κ3) is 3.42. The van der Waals surface area contributed by atoms with Gasteiger partial charge in [0.15, 0.2) is 11.4 Å². The number of aliphatic imine (C=N–C) groups is 1. The van der Waals surface area contributed by atoms with Crippen LogP contribution in [-0.4, -0.2) is 21.3 Å². The van der Waals surface area contributed by atoms with Gasteiger partial charge in [0.2, 0.25) is 5.69 Å². The molecule has 1 aromatic carbocycles. The van der Waals surface area contributed by atoms with Crippen LogP contribution in [0.4, 0.5) is 17.1 Å². The van der Waals surface area contributed by atoms with Crippen molar-refractivity contribution in [2.45, 2.75) is 6.92 Å². The van der Waals surface area contributed by atoms with E-state index in [4.69, 9.17) is 5.26 Å². The summed E-state index contributed by atoms with van der Waals surface area (Å²) < 4.78 is 0. The molecule has 0 saturated carbocycles. The van der Waals surface area contributed by atoms with E-state index in [0.717, 1.165) is 11.8 Å². The van der Waals surface area contributed by atoms with Crippen molar-refractivity contribution >= 4 is 34.0 Å². The summed E-state index contributed by atoms with van der Waals surface area (Å²) in [5.41, 5.74) is -0.982. The van der Waals surface area contributed by atoms with Gasteiger partial charge in [0, 0.05) is 12.1 Å². The van der Waals surface area contributed by atoms with E-state index in [-0.39, 0.29) is 5.17 Å². The largest absolute Gasteiger partial charge is 0.302 e. The van der Waals surface area contributed by atoms with E-state index in [2.05, 4.69) is 10.3 Å². The summed E-state index contributed by atoms with van der Waals surface area (Å²) in [6.45, 7) is 1.51. The maximum Gasteiger partial charge on any atom is 0.302 e. The van der Waals surface area contributed by atoms with Gasteiger partial charge in [-0.15, -0.1) is 0 Å². The Labute approximate surface area is 117 Å². The molecule has 0 fully saturated rings. The fourth-order valence-corrected chi connectivity index (χ4v) is 1.74. The molecular weight excluding hydrogens is 286 g/mol. The molecule has 0 aromatic heterocycles. The van der Waals surface area contributed by atoms with Gasteiger partial charge in [-0.05, 0) is 18.7 Å². The number of hydrogen-bond donors (Lipinski definition) is 1. The van der Waals surface area contributed by atoms with Gasteiger partial charge in [0.05, 0.1) is 9.85 Å². The first-order valence-electron chi connectivity index (χ1n) is 5.12. The highest BCUT2D eigenvalue weighted by molar-refractivity contribution is 8.13. The molecule has 0 spiro atoms. The zero-order chi connectivity index (χ0) is 15.3. The van der Waals surface area contributed by atoms with Crippen molar-refractivity contribution in [1.29, 1.82) is 5.26 Å². The number of amidine groups is 1. The van der Waals surface area contributed by atoms with E-state index in [9.17, 15) is 20.2 Å². The topological polar surface area (TPSA) is 134 Å². The van der Waals surface area contributed by atoms with Crippen LogP contribution in [0.25, 0.3) is 0 Å². The average Bonchev–Trinajstić information content (AvgIpc) is 2.38. The second-order valence-corrected chi connectivity index (χ2v) is 4.32. The van der Waals surface area contributed by atoms with Crippen molar-refractivity contribution in [1.82, 2.24) is 5.32 Å². The average molecular weight is 295 g/mol. The second kappa shape index (κ2) is 6.48. The maximum absolute atomic E-state index is 11.0. The fraction of sp³-hybridized carbons (Fsp3) is 0.200. The zero-order valence-corrected chi connectivity index (χ0v) is 11.3. The fourth-order valence-electron chi connectivity index (χ4n) is 1.41. The Bertz CT molecular complexity index is 602. The van der Waals surface area contributed by atoms with Crippen LogP contribution in [0, 0.1) is 38.6 Å². The van der Waals surface area contributed by atoms with Gasteiger partial charge in [-0.1, -0.05) is 11.8 Å². The Hall–Kier alpha value is -2.67. The molecule has 0 aliphatic rings. The van der Waals surface area contributed by atoms with Gasteiger partial charge in [-0.25, -0.2) is 4.99 Å². The Morgan fingerprint density at radius 3 is 2.20 bits per heavy atom. The molecule has 9 nitrogen and oxygen atoms in total. The molecule has 0 amide bonds. The van der Waals surface area contributed by atoms with Gasteiger partial charge in [-0.2, -0.15) is 5.26 Å². The number of thioether (sulfide) groups is 1. The van der Waals surface area contributed by atoms with Crippen molar-refractivity contribution in [2.24, 2.45) is 4.99 Å². The summed E-state index contributed by atoms with van der Waals surface area (Å²) in [4.78, 5) is 24.3. The highest BCUT2D eigenvalue weighted by atomic mass is 32.2. The van der Waals surface area contributed by atoms with Crippen LogP contribution in [-0.2, 0) is 0 Å². The molecule has 104 valence electrons. The Balaban J connectivity index is 3.60. The minimum absolute atomic E-state index is 0.0301. The SMILES string of the molecule is CSC(=Nc1c([N+](=O)[O-])cc(C)cc1[N+](=O)[O-])NC#N. The Kier molecular flexibility index (Phi) is 4.99. The molecule has 0 heterocycles. The predicted molar refractivity (Wildman–Crippen MR) is 73.8 cm³/mol. The van der Waals surface area contributed by atoms with Gasteiger partial charge >= 0.3 is 11.4 Å². The van der Waals surface area contributed by atoms with Crippen LogP contribution in [0.1, 0.15) is 5.56 Å². The third-order valence-electron chi connectivity index (χ3n) is 2.18. The molecule has 10 heteroatoms. The number of rotatable bonds is 3. The van der Waals surface area contributed by atoms with E-state index in [1.165, 1.54) is 19.1 Å². The first-order chi connectivity index (χ1) is 9.40. The van der Waals surface area contributed by atoms with E-state index in [0.29, 0.717) is 5.56 Å². The van der Waals surface area contributed by atoms with Crippen LogP contribution >= 0.6 is 11.8 Å². The lowest BCUT2D eigenvalue weighted by molar-refractivity contribution is -0.392. The summed E-state index contributed by atoms with van der Waals surface area (Å²) >= 11 is 1.01. The molecule has 0 unspecified atom stereocenters.